The first-order chi connectivity index (χ1) is 17.8. The zero-order chi connectivity index (χ0) is 24.1. The van der Waals surface area contributed by atoms with E-state index in [1.807, 2.05) is 6.07 Å². The maximum Gasteiger partial charge on any atom is 0.0544 e. The van der Waals surface area contributed by atoms with Crippen molar-refractivity contribution >= 4 is 44.2 Å². The van der Waals surface area contributed by atoms with Crippen LogP contribution in [0.3, 0.4) is 0 Å². The minimum Gasteiger partial charge on any atom is -0.354 e. The predicted octanol–water partition coefficient (Wildman–Crippen LogP) is 10.1. The maximum atomic E-state index is 6.75. The first kappa shape index (κ1) is 21.0. The molecule has 6 aromatic carbocycles. The molecular formula is C34H22ClN. The lowest BCUT2D eigenvalue weighted by molar-refractivity contribution is 1.53. The summed E-state index contributed by atoms with van der Waals surface area (Å²) in [7, 11) is 0. The average Bonchev–Trinajstić information content (AvgIpc) is 3.32. The second kappa shape index (κ2) is 8.41. The fourth-order valence-corrected chi connectivity index (χ4v) is 5.57. The lowest BCUT2D eigenvalue weighted by Crippen LogP contribution is -1.87. The molecule has 170 valence electrons. The van der Waals surface area contributed by atoms with Crippen molar-refractivity contribution in [3.63, 3.8) is 0 Å². The molecule has 0 unspecified atom stereocenters. The molecule has 2 heteroatoms. The van der Waals surface area contributed by atoms with E-state index >= 15 is 0 Å². The molecule has 0 bridgehead atoms. The summed E-state index contributed by atoms with van der Waals surface area (Å²) in [4.78, 5) is 3.64. The van der Waals surface area contributed by atoms with E-state index < -0.39 is 0 Å². The van der Waals surface area contributed by atoms with E-state index in [4.69, 9.17) is 11.6 Å². The lowest BCUT2D eigenvalue weighted by atomic mass is 9.93. The third-order valence-electron chi connectivity index (χ3n) is 7.09. The van der Waals surface area contributed by atoms with Crippen LogP contribution in [0.4, 0.5) is 0 Å². The van der Waals surface area contributed by atoms with Crippen LogP contribution in [-0.2, 0) is 0 Å². The van der Waals surface area contributed by atoms with Gasteiger partial charge in [-0.1, -0.05) is 115 Å². The molecule has 7 rings (SSSR count). The first-order valence-corrected chi connectivity index (χ1v) is 12.5. The molecule has 0 fully saturated rings. The van der Waals surface area contributed by atoms with Crippen LogP contribution in [0.25, 0.3) is 66.0 Å². The van der Waals surface area contributed by atoms with Gasteiger partial charge in [-0.25, -0.2) is 0 Å². The van der Waals surface area contributed by atoms with Crippen LogP contribution in [0.2, 0.25) is 5.02 Å². The predicted molar refractivity (Wildman–Crippen MR) is 155 cm³/mol. The standard InChI is InChI=1S/C34H22ClN/c35-32-19-18-24(21-31(32)28-15-6-9-22-8-1-2-12-26(22)28)23-10-5-11-25(20-23)27-14-7-16-30-29-13-3-4-17-33(29)36-34(27)30/h1-21,36H. The van der Waals surface area contributed by atoms with Crippen molar-refractivity contribution in [3.8, 4) is 33.4 Å². The Bertz CT molecular complexity index is 1910. The summed E-state index contributed by atoms with van der Waals surface area (Å²) >= 11 is 6.75. The third kappa shape index (κ3) is 3.40. The number of hydrogen-bond acceptors (Lipinski definition) is 0. The van der Waals surface area contributed by atoms with Crippen LogP contribution in [0.15, 0.2) is 127 Å². The first-order valence-electron chi connectivity index (χ1n) is 12.1. The van der Waals surface area contributed by atoms with Gasteiger partial charge in [-0.05, 0) is 57.3 Å². The summed E-state index contributed by atoms with van der Waals surface area (Å²) in [5.74, 6) is 0. The van der Waals surface area contributed by atoms with Crippen molar-refractivity contribution in [1.82, 2.24) is 4.98 Å². The van der Waals surface area contributed by atoms with Crippen molar-refractivity contribution in [2.45, 2.75) is 0 Å². The summed E-state index contributed by atoms with van der Waals surface area (Å²) in [6.07, 6.45) is 0. The summed E-state index contributed by atoms with van der Waals surface area (Å²) < 4.78 is 0. The molecular weight excluding hydrogens is 458 g/mol. The van der Waals surface area contributed by atoms with Gasteiger partial charge in [-0.3, -0.25) is 0 Å². The van der Waals surface area contributed by atoms with E-state index in [9.17, 15) is 0 Å². The Hall–Kier alpha value is -4.33. The second-order valence-electron chi connectivity index (χ2n) is 9.20. The van der Waals surface area contributed by atoms with Crippen molar-refractivity contribution < 1.29 is 0 Å². The number of halogens is 1. The Morgan fingerprint density at radius 2 is 1.11 bits per heavy atom. The largest absolute Gasteiger partial charge is 0.354 e. The van der Waals surface area contributed by atoms with Gasteiger partial charge in [-0.15, -0.1) is 0 Å². The van der Waals surface area contributed by atoms with Crippen LogP contribution in [0, 0.1) is 0 Å². The average molecular weight is 480 g/mol. The van der Waals surface area contributed by atoms with Gasteiger partial charge in [0.05, 0.1) is 5.52 Å². The zero-order valence-electron chi connectivity index (χ0n) is 19.5. The molecule has 0 saturated heterocycles. The second-order valence-corrected chi connectivity index (χ2v) is 9.61. The van der Waals surface area contributed by atoms with E-state index in [1.54, 1.807) is 0 Å². The maximum absolute atomic E-state index is 6.75. The van der Waals surface area contributed by atoms with E-state index in [0.29, 0.717) is 0 Å². The number of hydrogen-bond donors (Lipinski definition) is 1. The third-order valence-corrected chi connectivity index (χ3v) is 7.42. The number of H-pyrrole nitrogens is 1. The molecule has 0 saturated carbocycles. The highest BCUT2D eigenvalue weighted by atomic mass is 35.5. The van der Waals surface area contributed by atoms with E-state index in [1.165, 1.54) is 43.8 Å². The van der Waals surface area contributed by atoms with Crippen molar-refractivity contribution in [2.24, 2.45) is 0 Å². The highest BCUT2D eigenvalue weighted by molar-refractivity contribution is 6.34. The number of aromatic nitrogens is 1. The lowest BCUT2D eigenvalue weighted by Gasteiger charge is -2.12. The molecule has 7 aromatic rings. The van der Waals surface area contributed by atoms with Gasteiger partial charge >= 0.3 is 0 Å². The van der Waals surface area contributed by atoms with Crippen LogP contribution >= 0.6 is 11.6 Å². The van der Waals surface area contributed by atoms with Gasteiger partial charge in [-0.2, -0.15) is 0 Å². The van der Waals surface area contributed by atoms with Crippen molar-refractivity contribution in [3.05, 3.63) is 132 Å². The topological polar surface area (TPSA) is 15.8 Å². The Kier molecular flexibility index (Phi) is 4.90. The Labute approximate surface area is 214 Å². The zero-order valence-corrected chi connectivity index (χ0v) is 20.3. The smallest absolute Gasteiger partial charge is 0.0544 e. The van der Waals surface area contributed by atoms with Crippen molar-refractivity contribution in [2.75, 3.05) is 0 Å². The fraction of sp³-hybridized carbons (Fsp3) is 0. The van der Waals surface area contributed by atoms with Gasteiger partial charge in [0.15, 0.2) is 0 Å². The minimum absolute atomic E-state index is 0.758. The molecule has 0 aliphatic heterocycles. The molecule has 1 N–H and O–H groups in total. The van der Waals surface area contributed by atoms with Gasteiger partial charge in [0.25, 0.3) is 0 Å². The highest BCUT2D eigenvalue weighted by Gasteiger charge is 2.12. The molecule has 0 atom stereocenters. The molecule has 0 spiro atoms. The molecule has 0 aliphatic rings. The number of fused-ring (bicyclic) bond motifs is 4. The molecule has 0 aliphatic carbocycles. The number of aromatic amines is 1. The molecule has 0 amide bonds. The Balaban J connectivity index is 1.37. The minimum atomic E-state index is 0.758. The Morgan fingerprint density at radius 1 is 0.444 bits per heavy atom. The monoisotopic (exact) mass is 479 g/mol. The number of rotatable bonds is 3. The van der Waals surface area contributed by atoms with Gasteiger partial charge in [0, 0.05) is 32.4 Å². The van der Waals surface area contributed by atoms with Gasteiger partial charge in [0.1, 0.15) is 0 Å². The normalized spacial score (nSPS) is 11.5. The molecule has 0 radical (unpaired) electrons. The molecule has 1 aromatic heterocycles. The van der Waals surface area contributed by atoms with E-state index in [-0.39, 0.29) is 0 Å². The summed E-state index contributed by atoms with van der Waals surface area (Å²) in [6, 6.07) is 45.0. The van der Waals surface area contributed by atoms with Gasteiger partial charge < -0.3 is 4.98 Å². The summed E-state index contributed by atoms with van der Waals surface area (Å²) in [6.45, 7) is 0. The van der Waals surface area contributed by atoms with E-state index in [2.05, 4.69) is 126 Å². The summed E-state index contributed by atoms with van der Waals surface area (Å²) in [5, 5.41) is 5.68. The van der Waals surface area contributed by atoms with Crippen LogP contribution < -0.4 is 0 Å². The van der Waals surface area contributed by atoms with Crippen LogP contribution in [0.1, 0.15) is 0 Å². The number of benzene rings is 6. The van der Waals surface area contributed by atoms with E-state index in [0.717, 1.165) is 27.2 Å². The van der Waals surface area contributed by atoms with Crippen molar-refractivity contribution in [1.29, 1.82) is 0 Å². The molecule has 1 heterocycles. The van der Waals surface area contributed by atoms with Crippen LogP contribution in [-0.4, -0.2) is 4.98 Å². The Morgan fingerprint density at radius 3 is 2.06 bits per heavy atom. The molecule has 1 nitrogen and oxygen atoms in total. The SMILES string of the molecule is Clc1ccc(-c2cccc(-c3cccc4c3[nH]c3ccccc34)c2)cc1-c1cccc2ccccc12. The molecule has 36 heavy (non-hydrogen) atoms. The number of nitrogens with one attached hydrogen (secondary N) is 1. The number of para-hydroxylation sites is 2. The van der Waals surface area contributed by atoms with Crippen LogP contribution in [0.5, 0.6) is 0 Å². The quantitative estimate of drug-likeness (QED) is 0.259. The fourth-order valence-electron chi connectivity index (χ4n) is 5.35. The van der Waals surface area contributed by atoms with Gasteiger partial charge in [0.2, 0.25) is 0 Å². The highest BCUT2D eigenvalue weighted by Crippen LogP contribution is 2.38. The summed E-state index contributed by atoms with van der Waals surface area (Å²) in [5.41, 5.74) is 9.23.